The Morgan fingerprint density at radius 2 is 1.55 bits per heavy atom. The lowest BCUT2D eigenvalue weighted by atomic mass is 10.0. The first kappa shape index (κ1) is 17.8. The number of carbonyl (C=O) groups is 2. The fourth-order valence-corrected chi connectivity index (χ4v) is 4.17. The summed E-state index contributed by atoms with van der Waals surface area (Å²) in [6.07, 6.45) is 1.81. The summed E-state index contributed by atoms with van der Waals surface area (Å²) in [6.45, 7) is 3.79. The summed E-state index contributed by atoms with van der Waals surface area (Å²) >= 11 is 0. The quantitative estimate of drug-likeness (QED) is 0.545. The molecule has 0 radical (unpaired) electrons. The van der Waals surface area contributed by atoms with Crippen LogP contribution in [0, 0.1) is 0 Å². The highest BCUT2D eigenvalue weighted by Gasteiger charge is 2.28. The maximum atomic E-state index is 13.0. The van der Waals surface area contributed by atoms with Crippen molar-refractivity contribution in [2.75, 3.05) is 26.2 Å². The average Bonchev–Trinajstić information content (AvgIpc) is 3.06. The van der Waals surface area contributed by atoms with Gasteiger partial charge in [0.05, 0.1) is 5.69 Å². The summed E-state index contributed by atoms with van der Waals surface area (Å²) in [7, 11) is 0. The van der Waals surface area contributed by atoms with Gasteiger partial charge in [-0.15, -0.1) is 0 Å². The number of carbonyl (C=O) groups excluding carboxylic acids is 2. The average molecular weight is 383 g/mol. The Labute approximate surface area is 169 Å². The van der Waals surface area contributed by atoms with Crippen LogP contribution >= 0.6 is 0 Å². The largest absolute Gasteiger partial charge is 0.336 e. The van der Waals surface area contributed by atoms with Gasteiger partial charge in [0.2, 0.25) is 0 Å². The van der Waals surface area contributed by atoms with Gasteiger partial charge in [0, 0.05) is 55.6 Å². The van der Waals surface area contributed by atoms with Crippen LogP contribution in [0.25, 0.3) is 11.1 Å². The molecule has 1 amide bonds. The van der Waals surface area contributed by atoms with Crippen molar-refractivity contribution in [3.8, 4) is 11.1 Å². The molecular weight excluding hydrogens is 362 g/mol. The van der Waals surface area contributed by atoms with Gasteiger partial charge >= 0.3 is 0 Å². The number of ketones is 1. The van der Waals surface area contributed by atoms with E-state index in [1.807, 2.05) is 65.7 Å². The summed E-state index contributed by atoms with van der Waals surface area (Å²) in [4.78, 5) is 34.3. The summed E-state index contributed by atoms with van der Waals surface area (Å²) < 4.78 is 0. The van der Waals surface area contributed by atoms with Crippen LogP contribution in [0.5, 0.6) is 0 Å². The number of benzene rings is 2. The normalized spacial score (nSPS) is 15.9. The van der Waals surface area contributed by atoms with E-state index in [9.17, 15) is 9.59 Å². The first-order valence-electron chi connectivity index (χ1n) is 9.90. The molecule has 5 heteroatoms. The molecular formula is C24H21N3O2. The van der Waals surface area contributed by atoms with Crippen molar-refractivity contribution >= 4 is 11.7 Å². The van der Waals surface area contributed by atoms with E-state index in [4.69, 9.17) is 0 Å². The van der Waals surface area contributed by atoms with Crippen LogP contribution in [0.3, 0.4) is 0 Å². The number of hydrogen-bond donors (Lipinski definition) is 0. The number of amides is 1. The predicted molar refractivity (Wildman–Crippen MR) is 111 cm³/mol. The van der Waals surface area contributed by atoms with Crippen molar-refractivity contribution in [2.45, 2.75) is 6.54 Å². The summed E-state index contributed by atoms with van der Waals surface area (Å²) in [5.74, 6) is -0.000488. The zero-order chi connectivity index (χ0) is 19.8. The number of fused-ring (bicyclic) bond motifs is 3. The van der Waals surface area contributed by atoms with Gasteiger partial charge in [-0.1, -0.05) is 36.4 Å². The molecule has 5 nitrogen and oxygen atoms in total. The number of rotatable bonds is 3. The molecule has 0 spiro atoms. The molecule has 1 saturated heterocycles. The Hall–Kier alpha value is -3.31. The highest BCUT2D eigenvalue weighted by Crippen LogP contribution is 2.36. The van der Waals surface area contributed by atoms with Gasteiger partial charge in [0.15, 0.2) is 5.78 Å². The number of pyridine rings is 1. The fraction of sp³-hybridized carbons (Fsp3) is 0.208. The molecule has 0 saturated carbocycles. The van der Waals surface area contributed by atoms with Crippen LogP contribution in [-0.4, -0.2) is 52.7 Å². The summed E-state index contributed by atoms with van der Waals surface area (Å²) in [5, 5.41) is 0. The van der Waals surface area contributed by atoms with Crippen LogP contribution in [0.15, 0.2) is 66.9 Å². The van der Waals surface area contributed by atoms with E-state index in [0.717, 1.165) is 42.0 Å². The van der Waals surface area contributed by atoms with Gasteiger partial charge in [0.25, 0.3) is 5.91 Å². The highest BCUT2D eigenvalue weighted by atomic mass is 16.2. The van der Waals surface area contributed by atoms with E-state index in [1.54, 1.807) is 6.07 Å². The van der Waals surface area contributed by atoms with E-state index < -0.39 is 0 Å². The van der Waals surface area contributed by atoms with E-state index >= 15 is 0 Å². The molecule has 1 aliphatic carbocycles. The Kier molecular flexibility index (Phi) is 4.45. The smallest absolute Gasteiger partial charge is 0.253 e. The Morgan fingerprint density at radius 1 is 0.828 bits per heavy atom. The lowest BCUT2D eigenvalue weighted by Crippen LogP contribution is -2.48. The SMILES string of the molecule is O=C1c2ccccc2-c2ccc(C(=O)N3CCN(Cc4ccccn4)CC3)cc21. The second-order valence-electron chi connectivity index (χ2n) is 7.52. The lowest BCUT2D eigenvalue weighted by Gasteiger charge is -2.34. The molecule has 1 aliphatic heterocycles. The molecule has 3 aromatic rings. The molecule has 2 aliphatic rings. The molecule has 0 atom stereocenters. The molecule has 1 aromatic heterocycles. The van der Waals surface area contributed by atoms with E-state index in [1.165, 1.54) is 0 Å². The standard InChI is InChI=1S/C24H21N3O2/c28-23-21-7-2-1-6-19(21)20-9-8-17(15-22(20)23)24(29)27-13-11-26(12-14-27)16-18-5-3-4-10-25-18/h1-10,15H,11-14,16H2. The molecule has 0 N–H and O–H groups in total. The Balaban J connectivity index is 1.28. The van der Waals surface area contributed by atoms with Gasteiger partial charge in [-0.3, -0.25) is 19.5 Å². The van der Waals surface area contributed by atoms with Gasteiger partial charge in [-0.2, -0.15) is 0 Å². The van der Waals surface area contributed by atoms with Gasteiger partial charge in [-0.25, -0.2) is 0 Å². The number of piperazine rings is 1. The zero-order valence-electron chi connectivity index (χ0n) is 16.0. The second kappa shape index (κ2) is 7.26. The van der Waals surface area contributed by atoms with Crippen molar-refractivity contribution in [2.24, 2.45) is 0 Å². The third-order valence-electron chi connectivity index (χ3n) is 5.74. The maximum absolute atomic E-state index is 13.0. The molecule has 0 unspecified atom stereocenters. The van der Waals surface area contributed by atoms with Crippen molar-refractivity contribution in [1.29, 1.82) is 0 Å². The molecule has 2 heterocycles. The summed E-state index contributed by atoms with van der Waals surface area (Å²) in [6, 6.07) is 19.1. The monoisotopic (exact) mass is 383 g/mol. The molecule has 1 fully saturated rings. The number of aromatic nitrogens is 1. The molecule has 144 valence electrons. The van der Waals surface area contributed by atoms with Crippen molar-refractivity contribution in [3.05, 3.63) is 89.2 Å². The molecule has 0 bridgehead atoms. The van der Waals surface area contributed by atoms with E-state index in [-0.39, 0.29) is 11.7 Å². The van der Waals surface area contributed by atoms with Crippen LogP contribution in [0.4, 0.5) is 0 Å². The zero-order valence-corrected chi connectivity index (χ0v) is 16.0. The van der Waals surface area contributed by atoms with Crippen LogP contribution in [0.2, 0.25) is 0 Å². The fourth-order valence-electron chi connectivity index (χ4n) is 4.17. The molecule has 2 aromatic carbocycles. The minimum Gasteiger partial charge on any atom is -0.336 e. The molecule has 29 heavy (non-hydrogen) atoms. The van der Waals surface area contributed by atoms with Gasteiger partial charge < -0.3 is 4.90 Å². The van der Waals surface area contributed by atoms with E-state index in [0.29, 0.717) is 24.2 Å². The molecule has 5 rings (SSSR count). The third-order valence-corrected chi connectivity index (χ3v) is 5.74. The van der Waals surface area contributed by atoms with Crippen LogP contribution in [0.1, 0.15) is 32.0 Å². The number of nitrogens with zero attached hydrogens (tertiary/aromatic N) is 3. The second-order valence-corrected chi connectivity index (χ2v) is 7.52. The van der Waals surface area contributed by atoms with Gasteiger partial charge in [-0.05, 0) is 35.4 Å². The minimum atomic E-state index is -0.00552. The maximum Gasteiger partial charge on any atom is 0.253 e. The van der Waals surface area contributed by atoms with Gasteiger partial charge in [0.1, 0.15) is 0 Å². The predicted octanol–water partition coefficient (Wildman–Crippen LogP) is 3.25. The number of hydrogen-bond acceptors (Lipinski definition) is 4. The Morgan fingerprint density at radius 3 is 2.31 bits per heavy atom. The lowest BCUT2D eigenvalue weighted by molar-refractivity contribution is 0.0627. The highest BCUT2D eigenvalue weighted by molar-refractivity contribution is 6.22. The first-order chi connectivity index (χ1) is 14.2. The van der Waals surface area contributed by atoms with Crippen molar-refractivity contribution in [3.63, 3.8) is 0 Å². The van der Waals surface area contributed by atoms with E-state index in [2.05, 4.69) is 9.88 Å². The van der Waals surface area contributed by atoms with Crippen LogP contribution in [-0.2, 0) is 6.54 Å². The summed E-state index contributed by atoms with van der Waals surface area (Å²) in [5.41, 5.74) is 4.85. The minimum absolute atomic E-state index is 0.00503. The topological polar surface area (TPSA) is 53.5 Å². The van der Waals surface area contributed by atoms with Crippen molar-refractivity contribution < 1.29 is 9.59 Å². The first-order valence-corrected chi connectivity index (χ1v) is 9.90. The van der Waals surface area contributed by atoms with Crippen LogP contribution < -0.4 is 0 Å². The third kappa shape index (κ3) is 3.23. The van der Waals surface area contributed by atoms with Crippen molar-refractivity contribution in [1.82, 2.24) is 14.8 Å². The Bertz CT molecular complexity index is 1090.